The first-order valence-electron chi connectivity index (χ1n) is 11.4. The van der Waals surface area contributed by atoms with Crippen LogP contribution in [-0.4, -0.2) is 40.1 Å². The van der Waals surface area contributed by atoms with Crippen molar-refractivity contribution in [1.29, 1.82) is 5.26 Å². The van der Waals surface area contributed by atoms with Crippen molar-refractivity contribution in [3.63, 3.8) is 0 Å². The molecule has 7 rings (SSSR count). The van der Waals surface area contributed by atoms with Gasteiger partial charge in [0.1, 0.15) is 17.7 Å². The third-order valence-corrected chi connectivity index (χ3v) is 7.75. The van der Waals surface area contributed by atoms with Crippen LogP contribution < -0.4 is 15.5 Å². The van der Waals surface area contributed by atoms with Gasteiger partial charge in [0.15, 0.2) is 11.6 Å². The highest BCUT2D eigenvalue weighted by molar-refractivity contribution is 6.32. The predicted molar refractivity (Wildman–Crippen MR) is 125 cm³/mol. The van der Waals surface area contributed by atoms with E-state index in [4.69, 9.17) is 16.6 Å². The standard InChI is InChI=1S/C24H23ClFN7/c25-20-16(24(12-27)8-1-9-24)4-5-17(21(20)26)31-23-22-18(29-13-30-23)6-7-19(32-22)33-11-14-2-3-15(33)10-28-14/h4-7,13-15,28H,1-3,8-11H2,(H,29,30,31)/t14-,15-/m0/s1. The molecule has 3 saturated heterocycles. The van der Waals surface area contributed by atoms with Gasteiger partial charge in [-0.3, -0.25) is 0 Å². The molecular weight excluding hydrogens is 441 g/mol. The number of aromatic nitrogens is 3. The highest BCUT2D eigenvalue weighted by Crippen LogP contribution is 2.47. The summed E-state index contributed by atoms with van der Waals surface area (Å²) in [6, 6.07) is 10.5. The zero-order valence-electron chi connectivity index (χ0n) is 18.0. The summed E-state index contributed by atoms with van der Waals surface area (Å²) in [5.74, 6) is 0.716. The van der Waals surface area contributed by atoms with Gasteiger partial charge in [-0.2, -0.15) is 5.26 Å². The van der Waals surface area contributed by atoms with Crippen LogP contribution in [0.25, 0.3) is 11.0 Å². The lowest BCUT2D eigenvalue weighted by Gasteiger charge is -2.46. The number of piperazine rings is 1. The minimum absolute atomic E-state index is 0.00916. The maximum atomic E-state index is 15.3. The molecule has 2 atom stereocenters. The molecule has 3 aliphatic heterocycles. The Morgan fingerprint density at radius 2 is 2.09 bits per heavy atom. The summed E-state index contributed by atoms with van der Waals surface area (Å²) in [5, 5.41) is 16.2. The Balaban J connectivity index is 1.35. The van der Waals surface area contributed by atoms with Gasteiger partial charge in [-0.15, -0.1) is 0 Å². The van der Waals surface area contributed by atoms with Gasteiger partial charge >= 0.3 is 0 Å². The number of piperidine rings is 2. The van der Waals surface area contributed by atoms with Crippen molar-refractivity contribution < 1.29 is 4.39 Å². The summed E-state index contributed by atoms with van der Waals surface area (Å²) < 4.78 is 15.3. The number of benzene rings is 1. The maximum absolute atomic E-state index is 15.3. The normalized spacial score (nSPS) is 23.2. The number of fused-ring (bicyclic) bond motifs is 4. The van der Waals surface area contributed by atoms with E-state index in [-0.39, 0.29) is 10.7 Å². The van der Waals surface area contributed by atoms with E-state index in [1.807, 2.05) is 12.1 Å². The van der Waals surface area contributed by atoms with Crippen LogP contribution in [0.15, 0.2) is 30.6 Å². The first kappa shape index (κ1) is 20.6. The van der Waals surface area contributed by atoms with Crippen LogP contribution in [0.4, 0.5) is 21.7 Å². The second kappa shape index (κ2) is 7.79. The van der Waals surface area contributed by atoms with E-state index in [1.165, 1.54) is 12.7 Å². The molecule has 0 radical (unpaired) electrons. The maximum Gasteiger partial charge on any atom is 0.165 e. The predicted octanol–water partition coefficient (Wildman–Crippen LogP) is 4.45. The van der Waals surface area contributed by atoms with E-state index in [9.17, 15) is 5.26 Å². The van der Waals surface area contributed by atoms with Crippen LogP contribution in [0, 0.1) is 17.1 Å². The average molecular weight is 464 g/mol. The minimum Gasteiger partial charge on any atom is -0.351 e. The number of halogens is 2. The summed E-state index contributed by atoms with van der Waals surface area (Å²) in [5.41, 5.74) is 1.33. The monoisotopic (exact) mass is 463 g/mol. The molecule has 5 heterocycles. The molecule has 3 aromatic rings. The number of pyridine rings is 1. The smallest absolute Gasteiger partial charge is 0.165 e. The number of nitrogens with zero attached hydrogens (tertiary/aromatic N) is 5. The minimum atomic E-state index is -0.683. The van der Waals surface area contributed by atoms with Gasteiger partial charge in [0.2, 0.25) is 0 Å². The lowest BCUT2D eigenvalue weighted by atomic mass is 9.65. The van der Waals surface area contributed by atoms with Crippen molar-refractivity contribution in [2.75, 3.05) is 23.3 Å². The van der Waals surface area contributed by atoms with Crippen molar-refractivity contribution in [1.82, 2.24) is 20.3 Å². The Hall–Kier alpha value is -3.02. The molecule has 0 unspecified atom stereocenters. The first-order chi connectivity index (χ1) is 16.1. The van der Waals surface area contributed by atoms with E-state index in [0.717, 1.165) is 31.7 Å². The fourth-order valence-electron chi connectivity index (χ4n) is 5.29. The van der Waals surface area contributed by atoms with E-state index < -0.39 is 11.2 Å². The molecule has 33 heavy (non-hydrogen) atoms. The fraction of sp³-hybridized carbons (Fsp3) is 0.417. The van der Waals surface area contributed by atoms with E-state index in [2.05, 4.69) is 31.6 Å². The van der Waals surface area contributed by atoms with Crippen molar-refractivity contribution in [3.05, 3.63) is 47.0 Å². The highest BCUT2D eigenvalue weighted by Gasteiger charge is 2.41. The van der Waals surface area contributed by atoms with Gasteiger partial charge in [-0.1, -0.05) is 17.7 Å². The van der Waals surface area contributed by atoms with Gasteiger partial charge in [0, 0.05) is 25.2 Å². The quantitative estimate of drug-likeness (QED) is 0.590. The molecule has 2 bridgehead atoms. The molecule has 0 spiro atoms. The van der Waals surface area contributed by atoms with Crippen LogP contribution in [0.1, 0.15) is 37.7 Å². The molecule has 1 aliphatic carbocycles. The summed E-state index contributed by atoms with van der Waals surface area (Å²) >= 11 is 6.39. The van der Waals surface area contributed by atoms with E-state index >= 15 is 4.39 Å². The molecule has 1 aromatic carbocycles. The van der Waals surface area contributed by atoms with Crippen LogP contribution in [0.5, 0.6) is 0 Å². The van der Waals surface area contributed by atoms with Crippen LogP contribution in [0.3, 0.4) is 0 Å². The first-order valence-corrected chi connectivity index (χ1v) is 11.7. The number of rotatable bonds is 4. The lowest BCUT2D eigenvalue weighted by molar-refractivity contribution is 0.289. The Bertz CT molecular complexity index is 1280. The van der Waals surface area contributed by atoms with Crippen molar-refractivity contribution in [2.24, 2.45) is 0 Å². The summed E-state index contributed by atoms with van der Waals surface area (Å²) in [7, 11) is 0. The Kier molecular flexibility index (Phi) is 4.86. The molecule has 0 amide bonds. The molecule has 2 aromatic heterocycles. The van der Waals surface area contributed by atoms with Crippen molar-refractivity contribution >= 4 is 40.0 Å². The topological polar surface area (TPSA) is 89.8 Å². The van der Waals surface area contributed by atoms with Gasteiger partial charge in [-0.25, -0.2) is 19.3 Å². The highest BCUT2D eigenvalue weighted by atomic mass is 35.5. The summed E-state index contributed by atoms with van der Waals surface area (Å²) in [6.45, 7) is 1.88. The number of nitrogens with one attached hydrogen (secondary N) is 2. The molecule has 1 saturated carbocycles. The average Bonchev–Trinajstić information content (AvgIpc) is 2.83. The van der Waals surface area contributed by atoms with Gasteiger partial charge in [0.25, 0.3) is 0 Å². The second-order valence-corrected chi connectivity index (χ2v) is 9.59. The second-order valence-electron chi connectivity index (χ2n) is 9.21. The van der Waals surface area contributed by atoms with Crippen LogP contribution >= 0.6 is 11.6 Å². The SMILES string of the molecule is N#CC1(c2ccc(Nc3ncnc4ccc(N5C[C@@H]6CC[C@H]5CN6)nc34)c(F)c2Cl)CCC1. The molecule has 2 N–H and O–H groups in total. The zero-order valence-corrected chi connectivity index (χ0v) is 18.7. The Morgan fingerprint density at radius 3 is 2.76 bits per heavy atom. The number of hydrogen-bond donors (Lipinski definition) is 2. The van der Waals surface area contributed by atoms with Gasteiger partial charge in [-0.05, 0) is 55.9 Å². The van der Waals surface area contributed by atoms with Crippen LogP contribution in [-0.2, 0) is 5.41 Å². The molecule has 4 fully saturated rings. The third kappa shape index (κ3) is 3.30. The van der Waals surface area contributed by atoms with E-state index in [1.54, 1.807) is 12.1 Å². The number of anilines is 3. The van der Waals surface area contributed by atoms with Gasteiger partial charge in [0.05, 0.1) is 27.7 Å². The van der Waals surface area contributed by atoms with Crippen molar-refractivity contribution in [2.45, 2.75) is 49.6 Å². The third-order valence-electron chi connectivity index (χ3n) is 7.38. The summed E-state index contributed by atoms with van der Waals surface area (Å²) in [6.07, 6.45) is 6.12. The van der Waals surface area contributed by atoms with Crippen LogP contribution in [0.2, 0.25) is 5.02 Å². The van der Waals surface area contributed by atoms with Crippen molar-refractivity contribution in [3.8, 4) is 6.07 Å². The molecule has 168 valence electrons. The summed E-state index contributed by atoms with van der Waals surface area (Å²) in [4.78, 5) is 15.9. The molecule has 4 aliphatic rings. The molecule has 9 heteroatoms. The Labute approximate surface area is 196 Å². The van der Waals surface area contributed by atoms with Gasteiger partial charge < -0.3 is 15.5 Å². The largest absolute Gasteiger partial charge is 0.351 e. The fourth-order valence-corrected chi connectivity index (χ4v) is 5.63. The number of hydrogen-bond acceptors (Lipinski definition) is 7. The number of nitriles is 1. The Morgan fingerprint density at radius 1 is 1.21 bits per heavy atom. The lowest BCUT2D eigenvalue weighted by Crippen LogP contribution is -2.61. The molecule has 7 nitrogen and oxygen atoms in total. The molecular formula is C24H23ClFN7. The van der Waals surface area contributed by atoms with E-state index in [0.29, 0.717) is 47.3 Å². The zero-order chi connectivity index (χ0) is 22.6.